The number of piperidine rings is 1. The van der Waals surface area contributed by atoms with E-state index in [0.29, 0.717) is 24.5 Å². The first-order chi connectivity index (χ1) is 12.7. The largest absolute Gasteiger partial charge is 0.388 e. The number of aliphatic hydroxyl groups excluding tert-OH is 1. The first-order valence-corrected chi connectivity index (χ1v) is 9.63. The van der Waals surface area contributed by atoms with Gasteiger partial charge in [0.05, 0.1) is 11.0 Å². The molecule has 0 radical (unpaired) electrons. The summed E-state index contributed by atoms with van der Waals surface area (Å²) in [6.45, 7) is 1.24. The summed E-state index contributed by atoms with van der Waals surface area (Å²) in [6, 6.07) is 15.3. The predicted octanol–water partition coefficient (Wildman–Crippen LogP) is 3.99. The van der Waals surface area contributed by atoms with Crippen LogP contribution in [0.5, 0.6) is 0 Å². The highest BCUT2D eigenvalue weighted by Gasteiger charge is 2.29. The third-order valence-corrected chi connectivity index (χ3v) is 5.79. The molecular weight excluding hydrogens is 348 g/mol. The topological polar surface area (TPSA) is 66.6 Å². The molecule has 1 fully saturated rings. The Labute approximate surface area is 155 Å². The lowest BCUT2D eigenvalue weighted by Crippen LogP contribution is -2.39. The van der Waals surface area contributed by atoms with Crippen LogP contribution < -0.4 is 0 Å². The minimum atomic E-state index is -0.481. The molecule has 6 heteroatoms. The van der Waals surface area contributed by atoms with Gasteiger partial charge >= 0.3 is 0 Å². The molecule has 26 heavy (non-hydrogen) atoms. The molecule has 1 N–H and O–H groups in total. The van der Waals surface area contributed by atoms with Crippen LogP contribution in [-0.2, 0) is 0 Å². The lowest BCUT2D eigenvalue weighted by atomic mass is 9.87. The summed E-state index contributed by atoms with van der Waals surface area (Å²) in [7, 11) is 0. The number of benzene rings is 1. The molecule has 1 saturated heterocycles. The van der Waals surface area contributed by atoms with Crippen LogP contribution in [-0.4, -0.2) is 34.2 Å². The van der Waals surface area contributed by atoms with Crippen LogP contribution in [0.1, 0.15) is 35.0 Å². The number of carbonyl (C=O) groups excluding carboxylic acids is 1. The lowest BCUT2D eigenvalue weighted by molar-refractivity contribution is 0.0456. The number of hydrogen-bond acceptors (Lipinski definition) is 5. The van der Waals surface area contributed by atoms with E-state index in [1.807, 2.05) is 47.8 Å². The Hall–Kier alpha value is -2.44. The molecule has 3 aromatic rings. The van der Waals surface area contributed by atoms with Gasteiger partial charge in [0.15, 0.2) is 11.5 Å². The molecule has 1 atom stereocenters. The van der Waals surface area contributed by atoms with Crippen LogP contribution in [0.2, 0.25) is 0 Å². The summed E-state index contributed by atoms with van der Waals surface area (Å²) < 4.78 is 5.31. The number of rotatable bonds is 4. The van der Waals surface area contributed by atoms with Gasteiger partial charge in [-0.05, 0) is 35.8 Å². The molecule has 1 aromatic carbocycles. The van der Waals surface area contributed by atoms with Crippen molar-refractivity contribution in [3.8, 4) is 10.6 Å². The Morgan fingerprint density at radius 1 is 1.19 bits per heavy atom. The smallest absolute Gasteiger partial charge is 0.276 e. The van der Waals surface area contributed by atoms with Gasteiger partial charge in [0, 0.05) is 19.2 Å². The zero-order valence-electron chi connectivity index (χ0n) is 14.2. The van der Waals surface area contributed by atoms with Gasteiger partial charge in [0.25, 0.3) is 5.91 Å². The van der Waals surface area contributed by atoms with Gasteiger partial charge in [-0.3, -0.25) is 4.79 Å². The van der Waals surface area contributed by atoms with Crippen molar-refractivity contribution in [2.45, 2.75) is 18.9 Å². The standard InChI is InChI=1S/C20H20N2O3S/c23-19(14-5-2-1-3-6-14)15-8-10-22(11-9-15)20(24)16-13-17(25-21-16)18-7-4-12-26-18/h1-7,12-13,15,19,23H,8-11H2. The number of aliphatic hydroxyl groups is 1. The number of hydrogen-bond donors (Lipinski definition) is 1. The zero-order chi connectivity index (χ0) is 17.9. The van der Waals surface area contributed by atoms with Crippen molar-refractivity contribution in [3.05, 3.63) is 65.2 Å². The number of aromatic nitrogens is 1. The second-order valence-electron chi connectivity index (χ2n) is 6.54. The Morgan fingerprint density at radius 3 is 2.65 bits per heavy atom. The van der Waals surface area contributed by atoms with Crippen molar-refractivity contribution in [1.29, 1.82) is 0 Å². The molecule has 2 aromatic heterocycles. The summed E-state index contributed by atoms with van der Waals surface area (Å²) in [5.74, 6) is 0.683. The van der Waals surface area contributed by atoms with Crippen LogP contribution in [0.3, 0.4) is 0 Å². The van der Waals surface area contributed by atoms with E-state index in [-0.39, 0.29) is 11.8 Å². The van der Waals surface area contributed by atoms with Crippen molar-refractivity contribution in [2.24, 2.45) is 5.92 Å². The average molecular weight is 368 g/mol. The minimum Gasteiger partial charge on any atom is -0.388 e. The molecule has 5 nitrogen and oxygen atoms in total. The maximum Gasteiger partial charge on any atom is 0.276 e. The lowest BCUT2D eigenvalue weighted by Gasteiger charge is -2.34. The second kappa shape index (κ2) is 7.43. The van der Waals surface area contributed by atoms with Gasteiger partial charge in [-0.2, -0.15) is 0 Å². The van der Waals surface area contributed by atoms with Crippen LogP contribution in [0, 0.1) is 5.92 Å². The van der Waals surface area contributed by atoms with Crippen molar-refractivity contribution in [2.75, 3.05) is 13.1 Å². The Bertz CT molecular complexity index is 852. The van der Waals surface area contributed by atoms with Crippen molar-refractivity contribution >= 4 is 17.2 Å². The number of likely N-dealkylation sites (tertiary alicyclic amines) is 1. The van der Waals surface area contributed by atoms with Crippen LogP contribution >= 0.6 is 11.3 Å². The molecule has 0 spiro atoms. The first-order valence-electron chi connectivity index (χ1n) is 8.75. The van der Waals surface area contributed by atoms with E-state index in [1.165, 1.54) is 0 Å². The normalized spacial score (nSPS) is 16.6. The van der Waals surface area contributed by atoms with Crippen molar-refractivity contribution < 1.29 is 14.4 Å². The van der Waals surface area contributed by atoms with E-state index in [0.717, 1.165) is 23.3 Å². The fourth-order valence-corrected chi connectivity index (χ4v) is 4.09. The molecule has 1 aliphatic heterocycles. The number of thiophene rings is 1. The summed E-state index contributed by atoms with van der Waals surface area (Å²) in [5, 5.41) is 16.5. The number of carbonyl (C=O) groups is 1. The molecule has 134 valence electrons. The Morgan fingerprint density at radius 2 is 1.96 bits per heavy atom. The fourth-order valence-electron chi connectivity index (χ4n) is 3.41. The predicted molar refractivity (Wildman–Crippen MR) is 99.8 cm³/mol. The molecule has 4 rings (SSSR count). The maximum atomic E-state index is 12.7. The molecular formula is C20H20N2O3S. The fraction of sp³-hybridized carbons (Fsp3) is 0.300. The monoisotopic (exact) mass is 368 g/mol. The Kier molecular flexibility index (Phi) is 4.86. The van der Waals surface area contributed by atoms with E-state index in [1.54, 1.807) is 22.3 Å². The third-order valence-electron chi connectivity index (χ3n) is 4.91. The molecule has 1 unspecified atom stereocenters. The average Bonchev–Trinajstić information content (AvgIpc) is 3.39. The van der Waals surface area contributed by atoms with Gasteiger partial charge in [0.1, 0.15) is 0 Å². The van der Waals surface area contributed by atoms with Gasteiger partial charge in [-0.25, -0.2) is 0 Å². The third kappa shape index (κ3) is 3.43. The highest BCUT2D eigenvalue weighted by molar-refractivity contribution is 7.13. The highest BCUT2D eigenvalue weighted by atomic mass is 32.1. The number of nitrogens with zero attached hydrogens (tertiary/aromatic N) is 2. The minimum absolute atomic E-state index is 0.107. The quantitative estimate of drug-likeness (QED) is 0.756. The van der Waals surface area contributed by atoms with E-state index < -0.39 is 6.10 Å². The van der Waals surface area contributed by atoms with Gasteiger partial charge in [-0.15, -0.1) is 11.3 Å². The van der Waals surface area contributed by atoms with Crippen molar-refractivity contribution in [1.82, 2.24) is 10.1 Å². The molecule has 3 heterocycles. The molecule has 0 saturated carbocycles. The Balaban J connectivity index is 1.38. The van der Waals surface area contributed by atoms with Crippen molar-refractivity contribution in [3.63, 3.8) is 0 Å². The molecule has 0 aliphatic carbocycles. The second-order valence-corrected chi connectivity index (χ2v) is 7.49. The summed E-state index contributed by atoms with van der Waals surface area (Å²) in [6.07, 6.45) is 1.07. The van der Waals surface area contributed by atoms with Gasteiger partial charge < -0.3 is 14.5 Å². The molecule has 0 bridgehead atoms. The van der Waals surface area contributed by atoms with Crippen LogP contribution in [0.4, 0.5) is 0 Å². The first kappa shape index (κ1) is 17.0. The van der Waals surface area contributed by atoms with Gasteiger partial charge in [0.2, 0.25) is 0 Å². The summed E-state index contributed by atoms with van der Waals surface area (Å²) in [4.78, 5) is 15.4. The van der Waals surface area contributed by atoms with E-state index in [9.17, 15) is 9.90 Å². The van der Waals surface area contributed by atoms with Crippen LogP contribution in [0.15, 0.2) is 58.4 Å². The number of amides is 1. The van der Waals surface area contributed by atoms with Gasteiger partial charge in [-0.1, -0.05) is 41.6 Å². The SMILES string of the molecule is O=C(c1cc(-c2cccs2)on1)N1CCC(C(O)c2ccccc2)CC1. The molecule has 1 amide bonds. The van der Waals surface area contributed by atoms with Crippen LogP contribution in [0.25, 0.3) is 10.6 Å². The maximum absolute atomic E-state index is 12.7. The van der Waals surface area contributed by atoms with E-state index in [4.69, 9.17) is 4.52 Å². The summed E-state index contributed by atoms with van der Waals surface area (Å²) in [5.41, 5.74) is 1.28. The molecule has 1 aliphatic rings. The zero-order valence-corrected chi connectivity index (χ0v) is 15.1. The van der Waals surface area contributed by atoms with E-state index in [2.05, 4.69) is 5.16 Å². The summed E-state index contributed by atoms with van der Waals surface area (Å²) >= 11 is 1.55. The highest BCUT2D eigenvalue weighted by Crippen LogP contribution is 2.31. The van der Waals surface area contributed by atoms with E-state index >= 15 is 0 Å².